The molecule has 0 aliphatic rings. The molecule has 0 fully saturated rings. The number of hydrogen-bond acceptors (Lipinski definition) is 3. The van der Waals surface area contributed by atoms with Crippen molar-refractivity contribution in [1.82, 2.24) is 19.6 Å². The molecule has 3 rings (SSSR count). The van der Waals surface area contributed by atoms with Crippen molar-refractivity contribution in [3.05, 3.63) is 61.9 Å². The molecule has 0 bridgehead atoms. The van der Waals surface area contributed by atoms with Gasteiger partial charge in [0.2, 0.25) is 11.7 Å². The average Bonchev–Trinajstić information content (AvgIpc) is 3.17. The second kappa shape index (κ2) is 8.64. The van der Waals surface area contributed by atoms with Crippen molar-refractivity contribution in [2.75, 3.05) is 5.32 Å². The zero-order valence-corrected chi connectivity index (χ0v) is 19.3. The fourth-order valence-electron chi connectivity index (χ4n) is 3.33. The van der Waals surface area contributed by atoms with Gasteiger partial charge in [0.25, 0.3) is 0 Å². The van der Waals surface area contributed by atoms with Crippen LogP contribution in [0.15, 0.2) is 4.47 Å². The Morgan fingerprint density at radius 3 is 1.94 bits per heavy atom. The Morgan fingerprint density at radius 2 is 1.44 bits per heavy atom. The SMILES string of the molecule is Cc1nn(C(C)C(=O)Nc2c(C)nn(Cc3c(F)c(F)c(F)c(F)c3F)c2C)c(C)c1Br. The molecular formula is C20H19BrF5N5O. The predicted molar refractivity (Wildman–Crippen MR) is 110 cm³/mol. The Bertz CT molecular complexity index is 1210. The van der Waals surface area contributed by atoms with E-state index in [1.807, 2.05) is 0 Å². The lowest BCUT2D eigenvalue weighted by atomic mass is 10.1. The van der Waals surface area contributed by atoms with Gasteiger partial charge in [-0.3, -0.25) is 14.2 Å². The molecule has 6 nitrogen and oxygen atoms in total. The van der Waals surface area contributed by atoms with Crippen molar-refractivity contribution in [2.45, 2.75) is 47.2 Å². The van der Waals surface area contributed by atoms with Crippen LogP contribution in [0, 0.1) is 56.8 Å². The Labute approximate surface area is 188 Å². The van der Waals surface area contributed by atoms with E-state index >= 15 is 0 Å². The number of aryl methyl sites for hydroxylation is 2. The van der Waals surface area contributed by atoms with Gasteiger partial charge < -0.3 is 5.32 Å². The van der Waals surface area contributed by atoms with Gasteiger partial charge in [-0.15, -0.1) is 0 Å². The van der Waals surface area contributed by atoms with E-state index in [-0.39, 0.29) is 11.4 Å². The van der Waals surface area contributed by atoms with Crippen molar-refractivity contribution in [3.8, 4) is 0 Å². The van der Waals surface area contributed by atoms with Crippen LogP contribution in [0.25, 0.3) is 0 Å². The zero-order chi connectivity index (χ0) is 24.1. The normalized spacial score (nSPS) is 12.3. The molecule has 1 unspecified atom stereocenters. The van der Waals surface area contributed by atoms with Crippen molar-refractivity contribution in [3.63, 3.8) is 0 Å². The smallest absolute Gasteiger partial charge is 0.249 e. The van der Waals surface area contributed by atoms with E-state index in [1.54, 1.807) is 32.4 Å². The number of nitrogens with zero attached hydrogens (tertiary/aromatic N) is 4. The number of nitrogens with one attached hydrogen (secondary N) is 1. The first-order valence-electron chi connectivity index (χ1n) is 9.43. The van der Waals surface area contributed by atoms with Gasteiger partial charge in [-0.25, -0.2) is 22.0 Å². The molecule has 0 saturated heterocycles. The second-order valence-corrected chi connectivity index (χ2v) is 8.14. The lowest BCUT2D eigenvalue weighted by Crippen LogP contribution is -2.25. The van der Waals surface area contributed by atoms with Crippen LogP contribution >= 0.6 is 15.9 Å². The van der Waals surface area contributed by atoms with Crippen LogP contribution < -0.4 is 5.32 Å². The highest BCUT2D eigenvalue weighted by Gasteiger charge is 2.27. The molecule has 2 heterocycles. The van der Waals surface area contributed by atoms with Gasteiger partial charge in [-0.05, 0) is 50.5 Å². The standard InChI is InChI=1S/C20H19BrF5N5O/c1-7-13(21)9(3)31(29-7)11(5)20(32)27-19-8(2)28-30(10(19)4)6-12-14(22)16(24)18(26)17(25)15(12)23/h11H,6H2,1-5H3,(H,27,32). The van der Waals surface area contributed by atoms with Crippen molar-refractivity contribution in [1.29, 1.82) is 0 Å². The third-order valence-electron chi connectivity index (χ3n) is 5.22. The van der Waals surface area contributed by atoms with E-state index in [2.05, 4.69) is 31.4 Å². The highest BCUT2D eigenvalue weighted by molar-refractivity contribution is 9.10. The average molecular weight is 520 g/mol. The Kier molecular flexibility index (Phi) is 6.45. The maximum Gasteiger partial charge on any atom is 0.249 e. The third-order valence-corrected chi connectivity index (χ3v) is 6.37. The molecule has 0 aliphatic carbocycles. The zero-order valence-electron chi connectivity index (χ0n) is 17.7. The number of aromatic nitrogens is 4. The van der Waals surface area contributed by atoms with E-state index < -0.39 is 53.1 Å². The summed E-state index contributed by atoms with van der Waals surface area (Å²) in [5.41, 5.74) is 1.30. The Hall–Kier alpha value is -2.76. The van der Waals surface area contributed by atoms with Gasteiger partial charge in [0.1, 0.15) is 6.04 Å². The summed E-state index contributed by atoms with van der Waals surface area (Å²) in [6.07, 6.45) is 0. The largest absolute Gasteiger partial charge is 0.321 e. The van der Waals surface area contributed by atoms with Gasteiger partial charge in [0.05, 0.1) is 45.0 Å². The number of carbonyl (C=O) groups excluding carboxylic acids is 1. The predicted octanol–water partition coefficient (Wildman–Crippen LogP) is 5.02. The summed E-state index contributed by atoms with van der Waals surface area (Å²) in [6, 6.07) is -0.697. The lowest BCUT2D eigenvalue weighted by Gasteiger charge is -2.15. The number of benzene rings is 1. The molecule has 0 aliphatic heterocycles. The molecule has 2 aromatic heterocycles. The van der Waals surface area contributed by atoms with Crippen LogP contribution in [0.5, 0.6) is 0 Å². The first-order valence-corrected chi connectivity index (χ1v) is 10.2. The summed E-state index contributed by atoms with van der Waals surface area (Å²) >= 11 is 3.40. The summed E-state index contributed by atoms with van der Waals surface area (Å²) in [5.74, 6) is -10.6. The number of anilines is 1. The monoisotopic (exact) mass is 519 g/mol. The van der Waals surface area contributed by atoms with Crippen LogP contribution in [0.4, 0.5) is 27.6 Å². The molecule has 12 heteroatoms. The minimum absolute atomic E-state index is 0.270. The number of hydrogen-bond donors (Lipinski definition) is 1. The molecule has 0 radical (unpaired) electrons. The minimum atomic E-state index is -2.23. The number of halogens is 6. The molecule has 0 spiro atoms. The molecule has 1 N–H and O–H groups in total. The molecule has 1 aromatic carbocycles. The first kappa shape index (κ1) is 23.9. The lowest BCUT2D eigenvalue weighted by molar-refractivity contribution is -0.119. The number of amides is 1. The fraction of sp³-hybridized carbons (Fsp3) is 0.350. The summed E-state index contributed by atoms with van der Waals surface area (Å²) < 4.78 is 71.8. The van der Waals surface area contributed by atoms with Gasteiger partial charge in [0.15, 0.2) is 23.3 Å². The summed E-state index contributed by atoms with van der Waals surface area (Å²) in [5, 5.41) is 11.1. The maximum absolute atomic E-state index is 14.1. The van der Waals surface area contributed by atoms with E-state index in [9.17, 15) is 26.7 Å². The highest BCUT2D eigenvalue weighted by Crippen LogP contribution is 2.27. The van der Waals surface area contributed by atoms with Crippen molar-refractivity contribution >= 4 is 27.5 Å². The van der Waals surface area contributed by atoms with E-state index in [4.69, 9.17) is 0 Å². The summed E-state index contributed by atoms with van der Waals surface area (Å²) in [6.45, 7) is 7.57. The fourth-order valence-corrected chi connectivity index (χ4v) is 3.59. The van der Waals surface area contributed by atoms with Crippen LogP contribution in [-0.2, 0) is 11.3 Å². The van der Waals surface area contributed by atoms with Crippen LogP contribution in [-0.4, -0.2) is 25.5 Å². The van der Waals surface area contributed by atoms with Gasteiger partial charge >= 0.3 is 0 Å². The van der Waals surface area contributed by atoms with Crippen molar-refractivity contribution < 1.29 is 26.7 Å². The second-order valence-electron chi connectivity index (χ2n) is 7.35. The topological polar surface area (TPSA) is 64.7 Å². The highest BCUT2D eigenvalue weighted by atomic mass is 79.9. The van der Waals surface area contributed by atoms with Crippen molar-refractivity contribution in [2.24, 2.45) is 0 Å². The van der Waals surface area contributed by atoms with E-state index in [1.165, 1.54) is 6.92 Å². The summed E-state index contributed by atoms with van der Waals surface area (Å²) in [7, 11) is 0. The molecule has 172 valence electrons. The van der Waals surface area contributed by atoms with E-state index in [0.29, 0.717) is 11.4 Å². The quantitative estimate of drug-likeness (QED) is 0.292. The van der Waals surface area contributed by atoms with Crippen LogP contribution in [0.2, 0.25) is 0 Å². The third kappa shape index (κ3) is 3.91. The van der Waals surface area contributed by atoms with Crippen LogP contribution in [0.3, 0.4) is 0 Å². The molecule has 1 atom stereocenters. The number of carbonyl (C=O) groups is 1. The Morgan fingerprint density at radius 1 is 0.906 bits per heavy atom. The molecular weight excluding hydrogens is 501 g/mol. The molecule has 0 saturated carbocycles. The van der Waals surface area contributed by atoms with Crippen LogP contribution in [0.1, 0.15) is 41.3 Å². The molecule has 1 amide bonds. The van der Waals surface area contributed by atoms with E-state index in [0.717, 1.165) is 14.8 Å². The summed E-state index contributed by atoms with van der Waals surface area (Å²) in [4.78, 5) is 12.8. The molecule has 32 heavy (non-hydrogen) atoms. The molecule has 3 aromatic rings. The maximum atomic E-state index is 14.1. The Balaban J connectivity index is 1.91. The number of rotatable bonds is 5. The van der Waals surface area contributed by atoms with Gasteiger partial charge in [-0.2, -0.15) is 10.2 Å². The first-order chi connectivity index (χ1) is 14.9. The van der Waals surface area contributed by atoms with Gasteiger partial charge in [-0.1, -0.05) is 0 Å². The van der Waals surface area contributed by atoms with Gasteiger partial charge in [0, 0.05) is 0 Å². The minimum Gasteiger partial charge on any atom is -0.321 e.